The van der Waals surface area contributed by atoms with Crippen LogP contribution in [-0.4, -0.2) is 12.1 Å². The normalized spacial score (nSPS) is 10.7. The molecule has 6 heteroatoms. The molecule has 0 aromatic rings. The molecule has 0 atom stereocenters. The Morgan fingerprint density at radius 2 is 1.22 bits per heavy atom. The minimum atomic E-state index is -4.53. The van der Waals surface area contributed by atoms with Gasteiger partial charge in [0.1, 0.15) is 0 Å². The molecule has 0 rings (SSSR count). The van der Waals surface area contributed by atoms with Crippen LogP contribution in [0.15, 0.2) is 0 Å². The van der Waals surface area contributed by atoms with E-state index >= 15 is 0 Å². The molecule has 0 radical (unpaired) electrons. The maximum absolute atomic E-state index is 10.3. The summed E-state index contributed by atoms with van der Waals surface area (Å²) in [5.41, 5.74) is -4.53. The molecule has 0 unspecified atom stereocenters. The Morgan fingerprint density at radius 1 is 1.22 bits per heavy atom. The fraction of sp³-hybridized carbons (Fsp3) is 1.00. The van der Waals surface area contributed by atoms with Crippen LogP contribution in [0.1, 0.15) is 6.92 Å². The van der Waals surface area contributed by atoms with Crippen LogP contribution < -0.4 is 0 Å². The lowest BCUT2D eigenvalue weighted by Gasteiger charge is -1.84. The number of alkyl halides is 6. The summed E-state index contributed by atoms with van der Waals surface area (Å²) in [5, 5.41) is 0. The summed E-state index contributed by atoms with van der Waals surface area (Å²) >= 11 is 3.53. The molecule has 0 amide bonds. The van der Waals surface area contributed by atoms with Crippen molar-refractivity contribution in [1.29, 1.82) is 0 Å². The molecule has 58 valence electrons. The molecule has 0 aromatic carbocycles. The van der Waals surface area contributed by atoms with Crippen molar-refractivity contribution in [3.63, 3.8) is 0 Å². The molecule has 0 aliphatic carbocycles. The first-order valence-electron chi connectivity index (χ1n) is 1.77. The molecule has 0 aliphatic heterocycles. The molecule has 0 fully saturated rings. The van der Waals surface area contributed by atoms with E-state index in [-0.39, 0.29) is 0 Å². The molecule has 9 heavy (non-hydrogen) atoms. The Morgan fingerprint density at radius 3 is 1.22 bits per heavy atom. The molecule has 0 N–H and O–H groups in total. The van der Waals surface area contributed by atoms with Gasteiger partial charge in [-0.1, -0.05) is 0 Å². The van der Waals surface area contributed by atoms with Crippen molar-refractivity contribution in [2.75, 3.05) is 0 Å². The lowest BCUT2D eigenvalue weighted by molar-refractivity contribution is -0.0420. The zero-order chi connectivity index (χ0) is 8.08. The summed E-state index contributed by atoms with van der Waals surface area (Å²) in [6.45, 7) is 0.833. The second-order valence-electron chi connectivity index (χ2n) is 0.947. The zero-order valence-electron chi connectivity index (χ0n) is 4.35. The first kappa shape index (κ1) is 11.7. The van der Waals surface area contributed by atoms with E-state index < -0.39 is 12.1 Å². The van der Waals surface area contributed by atoms with Gasteiger partial charge in [0, 0.05) is 0 Å². The van der Waals surface area contributed by atoms with Crippen molar-refractivity contribution < 1.29 is 22.0 Å². The summed E-state index contributed by atoms with van der Waals surface area (Å²) in [7, 11) is 0. The van der Waals surface area contributed by atoms with Gasteiger partial charge in [-0.05, 0) is 18.5 Å². The van der Waals surface area contributed by atoms with Crippen LogP contribution in [0.3, 0.4) is 0 Å². The van der Waals surface area contributed by atoms with Gasteiger partial charge in [0.25, 0.3) is 0 Å². The molecule has 0 saturated carbocycles. The molecule has 0 spiro atoms. The largest absolute Gasteiger partial charge is 0.475 e. The average Bonchev–Trinajstić information content (AvgIpc) is 1.19. The first-order chi connectivity index (χ1) is 3.73. The Balaban J connectivity index is 0. The quantitative estimate of drug-likeness (QED) is 0.387. The fourth-order valence-electron chi connectivity index (χ4n) is 0. The molecular weight excluding hydrogens is 166 g/mol. The second-order valence-corrected chi connectivity index (χ2v) is 1.38. The Hall–Kier alpha value is -0.0600. The van der Waals surface area contributed by atoms with Gasteiger partial charge in [0.05, 0.1) is 0 Å². The molecule has 0 saturated heterocycles. The molecule has 0 aliphatic rings. The third-order valence-corrected chi connectivity index (χ3v) is 0. The predicted molar refractivity (Wildman–Crippen MR) is 23.6 cm³/mol. The summed E-state index contributed by atoms with van der Waals surface area (Å²) in [6.07, 6.45) is -2.17. The lowest BCUT2D eigenvalue weighted by atomic mass is 10.9. The van der Waals surface area contributed by atoms with Crippen molar-refractivity contribution in [3.05, 3.63) is 0 Å². The van der Waals surface area contributed by atoms with E-state index in [0.29, 0.717) is 0 Å². The third-order valence-electron chi connectivity index (χ3n) is 0. The topological polar surface area (TPSA) is 0 Å². The van der Waals surface area contributed by atoms with Crippen molar-refractivity contribution in [2.45, 2.75) is 19.0 Å². The fourth-order valence-corrected chi connectivity index (χ4v) is 0. The summed E-state index contributed by atoms with van der Waals surface area (Å²) in [6, 6.07) is 0. The first-order valence-corrected chi connectivity index (χ1v) is 2.15. The maximum Gasteiger partial charge on any atom is 0.475 e. The van der Waals surface area contributed by atoms with Crippen molar-refractivity contribution in [1.82, 2.24) is 0 Å². The minimum absolute atomic E-state index is 0.833. The van der Waals surface area contributed by atoms with Crippen molar-refractivity contribution >= 4 is 11.6 Å². The summed E-state index contributed by atoms with van der Waals surface area (Å²) < 4.78 is 51.0. The van der Waals surface area contributed by atoms with Gasteiger partial charge in [-0.2, -0.15) is 13.2 Å². The van der Waals surface area contributed by atoms with Gasteiger partial charge in [0.2, 0.25) is 6.43 Å². The third kappa shape index (κ3) is 77800. The van der Waals surface area contributed by atoms with E-state index in [0.717, 1.165) is 6.92 Å². The predicted octanol–water partition coefficient (Wildman–Crippen LogP) is 3.02. The number of halogens is 6. The number of hydrogen-bond acceptors (Lipinski definition) is 0. The highest BCUT2D eigenvalue weighted by molar-refractivity contribution is 6.20. The van der Waals surface area contributed by atoms with Crippen LogP contribution in [0.5, 0.6) is 0 Å². The smallest absolute Gasteiger partial charge is 0.211 e. The van der Waals surface area contributed by atoms with E-state index in [1.807, 2.05) is 0 Å². The standard InChI is InChI=1S/C2H4F2.CClF3/c1-2(3)4;2-1(3,4)5/h2H,1H3;. The maximum atomic E-state index is 10.3. The lowest BCUT2D eigenvalue weighted by Crippen LogP contribution is -1.89. The monoisotopic (exact) mass is 170 g/mol. The van der Waals surface area contributed by atoms with E-state index in [2.05, 4.69) is 11.6 Å². The SMILES string of the molecule is CC(F)F.FC(F)(F)Cl. The van der Waals surface area contributed by atoms with Crippen LogP contribution in [0.4, 0.5) is 22.0 Å². The zero-order valence-corrected chi connectivity index (χ0v) is 5.10. The molecular formula is C3H4ClF5. The number of hydrogen-bond donors (Lipinski definition) is 0. The van der Waals surface area contributed by atoms with Crippen LogP contribution in [0, 0.1) is 0 Å². The molecule has 0 heterocycles. The van der Waals surface area contributed by atoms with Gasteiger partial charge in [-0.15, -0.1) is 0 Å². The van der Waals surface area contributed by atoms with Crippen molar-refractivity contribution in [2.24, 2.45) is 0 Å². The highest BCUT2D eigenvalue weighted by Gasteiger charge is 2.20. The van der Waals surface area contributed by atoms with Crippen LogP contribution >= 0.6 is 11.6 Å². The highest BCUT2D eigenvalue weighted by Crippen LogP contribution is 2.18. The molecule has 0 bridgehead atoms. The Labute approximate surface area is 53.6 Å². The van der Waals surface area contributed by atoms with E-state index in [1.165, 1.54) is 0 Å². The van der Waals surface area contributed by atoms with Gasteiger partial charge < -0.3 is 0 Å². The van der Waals surface area contributed by atoms with Gasteiger partial charge in [0.15, 0.2) is 0 Å². The van der Waals surface area contributed by atoms with Crippen molar-refractivity contribution in [3.8, 4) is 0 Å². The van der Waals surface area contributed by atoms with Gasteiger partial charge in [-0.25, -0.2) is 8.78 Å². The highest BCUT2D eigenvalue weighted by atomic mass is 35.5. The van der Waals surface area contributed by atoms with E-state index in [4.69, 9.17) is 0 Å². The van der Waals surface area contributed by atoms with E-state index in [9.17, 15) is 22.0 Å². The molecule has 0 aromatic heterocycles. The minimum Gasteiger partial charge on any atom is -0.211 e. The molecule has 0 nitrogen and oxygen atoms in total. The van der Waals surface area contributed by atoms with E-state index in [1.54, 1.807) is 0 Å². The Kier molecular flexibility index (Phi) is 6.22. The van der Waals surface area contributed by atoms with Gasteiger partial charge >= 0.3 is 5.64 Å². The van der Waals surface area contributed by atoms with Crippen LogP contribution in [0.2, 0.25) is 0 Å². The Bertz CT molecular complexity index is 49.0. The van der Waals surface area contributed by atoms with Gasteiger partial charge in [-0.3, -0.25) is 0 Å². The average molecular weight is 171 g/mol. The summed E-state index contributed by atoms with van der Waals surface area (Å²) in [4.78, 5) is 0. The second kappa shape index (κ2) is 4.78. The van der Waals surface area contributed by atoms with Crippen LogP contribution in [-0.2, 0) is 0 Å². The van der Waals surface area contributed by atoms with Crippen LogP contribution in [0.25, 0.3) is 0 Å². The summed E-state index contributed by atoms with van der Waals surface area (Å²) in [5.74, 6) is 0. The number of rotatable bonds is 0.